The molecule has 0 saturated carbocycles. The molecular weight excluding hydrogens is 208 g/mol. The summed E-state index contributed by atoms with van der Waals surface area (Å²) in [6.45, 7) is 2.96. The molecule has 1 aliphatic heterocycles. The first-order chi connectivity index (χ1) is 7.65. The SMILES string of the molecule is CCCNC(=O)CCCN1C(=O)C=CC1=O. The van der Waals surface area contributed by atoms with E-state index in [4.69, 9.17) is 0 Å². The Morgan fingerprint density at radius 1 is 1.31 bits per heavy atom. The fourth-order valence-corrected chi connectivity index (χ4v) is 1.40. The van der Waals surface area contributed by atoms with Crippen molar-refractivity contribution in [3.63, 3.8) is 0 Å². The third-order valence-electron chi connectivity index (χ3n) is 2.26. The lowest BCUT2D eigenvalue weighted by molar-refractivity contribution is -0.137. The highest BCUT2D eigenvalue weighted by molar-refractivity contribution is 6.12. The van der Waals surface area contributed by atoms with Crippen molar-refractivity contribution < 1.29 is 14.4 Å². The fraction of sp³-hybridized carbons (Fsp3) is 0.545. The molecule has 0 aromatic rings. The Bertz CT molecular complexity index is 305. The van der Waals surface area contributed by atoms with Crippen LogP contribution in [0, 0.1) is 0 Å². The summed E-state index contributed by atoms with van der Waals surface area (Å²) < 4.78 is 0. The van der Waals surface area contributed by atoms with Gasteiger partial charge in [0.15, 0.2) is 0 Å². The van der Waals surface area contributed by atoms with E-state index in [1.807, 2.05) is 6.92 Å². The second-order valence-electron chi connectivity index (χ2n) is 3.61. The third-order valence-corrected chi connectivity index (χ3v) is 2.26. The van der Waals surface area contributed by atoms with Crippen molar-refractivity contribution in [2.24, 2.45) is 0 Å². The van der Waals surface area contributed by atoms with Crippen molar-refractivity contribution in [2.45, 2.75) is 26.2 Å². The van der Waals surface area contributed by atoms with Gasteiger partial charge in [0.2, 0.25) is 5.91 Å². The second kappa shape index (κ2) is 6.05. The normalized spacial score (nSPS) is 14.7. The molecule has 0 unspecified atom stereocenters. The van der Waals surface area contributed by atoms with E-state index in [9.17, 15) is 14.4 Å². The Hall–Kier alpha value is -1.65. The average molecular weight is 224 g/mol. The van der Waals surface area contributed by atoms with Gasteiger partial charge in [-0.05, 0) is 12.8 Å². The molecule has 0 radical (unpaired) electrons. The van der Waals surface area contributed by atoms with Gasteiger partial charge in [-0.15, -0.1) is 0 Å². The molecule has 0 atom stereocenters. The molecule has 0 saturated heterocycles. The van der Waals surface area contributed by atoms with E-state index in [0.717, 1.165) is 11.3 Å². The molecule has 5 heteroatoms. The minimum Gasteiger partial charge on any atom is -0.356 e. The molecule has 0 bridgehead atoms. The first-order valence-electron chi connectivity index (χ1n) is 5.45. The summed E-state index contributed by atoms with van der Waals surface area (Å²) >= 11 is 0. The van der Waals surface area contributed by atoms with Gasteiger partial charge in [-0.3, -0.25) is 19.3 Å². The highest BCUT2D eigenvalue weighted by Gasteiger charge is 2.22. The van der Waals surface area contributed by atoms with Gasteiger partial charge in [0.25, 0.3) is 11.8 Å². The molecule has 5 nitrogen and oxygen atoms in total. The Labute approximate surface area is 94.5 Å². The second-order valence-corrected chi connectivity index (χ2v) is 3.61. The van der Waals surface area contributed by atoms with E-state index < -0.39 is 0 Å². The van der Waals surface area contributed by atoms with Crippen LogP contribution in [-0.2, 0) is 14.4 Å². The molecule has 1 heterocycles. The van der Waals surface area contributed by atoms with Crippen LogP contribution in [-0.4, -0.2) is 35.7 Å². The predicted molar refractivity (Wildman–Crippen MR) is 58.4 cm³/mol. The maximum absolute atomic E-state index is 11.2. The van der Waals surface area contributed by atoms with Crippen molar-refractivity contribution in [1.29, 1.82) is 0 Å². The molecule has 0 aliphatic carbocycles. The summed E-state index contributed by atoms with van der Waals surface area (Å²) in [7, 11) is 0. The number of hydrogen-bond donors (Lipinski definition) is 1. The maximum atomic E-state index is 11.2. The van der Waals surface area contributed by atoms with Gasteiger partial charge in [0, 0.05) is 31.7 Å². The molecule has 0 aromatic carbocycles. The van der Waals surface area contributed by atoms with E-state index in [1.54, 1.807) is 0 Å². The number of hydrogen-bond acceptors (Lipinski definition) is 3. The molecule has 88 valence electrons. The zero-order chi connectivity index (χ0) is 12.0. The first kappa shape index (κ1) is 12.4. The molecular formula is C11H16N2O3. The average Bonchev–Trinajstić information content (AvgIpc) is 2.57. The number of rotatable bonds is 6. The molecule has 0 spiro atoms. The highest BCUT2D eigenvalue weighted by Crippen LogP contribution is 2.05. The zero-order valence-electron chi connectivity index (χ0n) is 9.36. The minimum atomic E-state index is -0.293. The molecule has 3 amide bonds. The van der Waals surface area contributed by atoms with Crippen LogP contribution < -0.4 is 5.32 Å². The lowest BCUT2D eigenvalue weighted by atomic mass is 10.2. The first-order valence-corrected chi connectivity index (χ1v) is 5.45. The number of imide groups is 1. The van der Waals surface area contributed by atoms with Crippen molar-refractivity contribution in [3.05, 3.63) is 12.2 Å². The van der Waals surface area contributed by atoms with Crippen LogP contribution >= 0.6 is 0 Å². The van der Waals surface area contributed by atoms with Crippen molar-refractivity contribution in [1.82, 2.24) is 10.2 Å². The predicted octanol–water partition coefficient (Wildman–Crippen LogP) is 0.218. The van der Waals surface area contributed by atoms with Gasteiger partial charge in [-0.1, -0.05) is 6.92 Å². The summed E-state index contributed by atoms with van der Waals surface area (Å²) in [5.74, 6) is -0.619. The summed E-state index contributed by atoms with van der Waals surface area (Å²) in [4.78, 5) is 34.7. The molecule has 0 aromatic heterocycles. The van der Waals surface area contributed by atoms with Crippen LogP contribution in [0.5, 0.6) is 0 Å². The maximum Gasteiger partial charge on any atom is 0.253 e. The van der Waals surface area contributed by atoms with Crippen LogP contribution in [0.1, 0.15) is 26.2 Å². The number of carbonyl (C=O) groups is 3. The molecule has 0 fully saturated rings. The number of nitrogens with one attached hydrogen (secondary N) is 1. The number of carbonyl (C=O) groups excluding carboxylic acids is 3. The number of nitrogens with zero attached hydrogens (tertiary/aromatic N) is 1. The summed E-state index contributed by atoms with van der Waals surface area (Å²) in [5, 5.41) is 2.74. The quantitative estimate of drug-likeness (QED) is 0.656. The van der Waals surface area contributed by atoms with Crippen LogP contribution in [0.2, 0.25) is 0 Å². The topological polar surface area (TPSA) is 66.5 Å². The molecule has 16 heavy (non-hydrogen) atoms. The van der Waals surface area contributed by atoms with Crippen LogP contribution in [0.15, 0.2) is 12.2 Å². The highest BCUT2D eigenvalue weighted by atomic mass is 16.2. The van der Waals surface area contributed by atoms with Gasteiger partial charge in [0.1, 0.15) is 0 Å². The monoisotopic (exact) mass is 224 g/mol. The Kier molecular flexibility index (Phi) is 4.69. The fourth-order valence-electron chi connectivity index (χ4n) is 1.40. The van der Waals surface area contributed by atoms with Crippen molar-refractivity contribution >= 4 is 17.7 Å². The Morgan fingerprint density at radius 2 is 1.94 bits per heavy atom. The van der Waals surface area contributed by atoms with Crippen molar-refractivity contribution in [2.75, 3.05) is 13.1 Å². The third kappa shape index (κ3) is 3.49. The van der Waals surface area contributed by atoms with E-state index in [2.05, 4.69) is 5.32 Å². The standard InChI is InChI=1S/C11H16N2O3/c1-2-7-12-9(14)4-3-8-13-10(15)5-6-11(13)16/h5-6H,2-4,7-8H2,1H3,(H,12,14). The van der Waals surface area contributed by atoms with E-state index in [1.165, 1.54) is 12.2 Å². The lowest BCUT2D eigenvalue weighted by Crippen LogP contribution is -2.32. The Morgan fingerprint density at radius 3 is 2.50 bits per heavy atom. The minimum absolute atomic E-state index is 0.0334. The molecule has 1 N–H and O–H groups in total. The van der Waals surface area contributed by atoms with E-state index >= 15 is 0 Å². The molecule has 1 aliphatic rings. The molecule has 1 rings (SSSR count). The van der Waals surface area contributed by atoms with E-state index in [0.29, 0.717) is 25.9 Å². The van der Waals surface area contributed by atoms with Gasteiger partial charge in [-0.25, -0.2) is 0 Å². The largest absolute Gasteiger partial charge is 0.356 e. The van der Waals surface area contributed by atoms with Crippen LogP contribution in [0.3, 0.4) is 0 Å². The van der Waals surface area contributed by atoms with Gasteiger partial charge in [0.05, 0.1) is 0 Å². The number of amides is 3. The summed E-state index contributed by atoms with van der Waals surface area (Å²) in [6.07, 6.45) is 4.25. The van der Waals surface area contributed by atoms with Crippen molar-refractivity contribution in [3.8, 4) is 0 Å². The van der Waals surface area contributed by atoms with Crippen LogP contribution in [0.25, 0.3) is 0 Å². The van der Waals surface area contributed by atoms with Gasteiger partial charge in [-0.2, -0.15) is 0 Å². The zero-order valence-corrected chi connectivity index (χ0v) is 9.36. The van der Waals surface area contributed by atoms with E-state index in [-0.39, 0.29) is 17.7 Å². The Balaban J connectivity index is 2.18. The lowest BCUT2D eigenvalue weighted by Gasteiger charge is -2.12. The van der Waals surface area contributed by atoms with Gasteiger partial charge >= 0.3 is 0 Å². The van der Waals surface area contributed by atoms with Crippen LogP contribution in [0.4, 0.5) is 0 Å². The summed E-state index contributed by atoms with van der Waals surface area (Å²) in [6, 6.07) is 0. The summed E-state index contributed by atoms with van der Waals surface area (Å²) in [5.41, 5.74) is 0. The smallest absolute Gasteiger partial charge is 0.253 e. The van der Waals surface area contributed by atoms with Gasteiger partial charge < -0.3 is 5.32 Å².